The molecule has 0 aromatic carbocycles. The second kappa shape index (κ2) is 5.16. The molecule has 116 valence electrons. The van der Waals surface area contributed by atoms with E-state index in [1.165, 1.54) is 0 Å². The van der Waals surface area contributed by atoms with Gasteiger partial charge in [-0.05, 0) is 41.2 Å². The maximum atomic E-state index is 12.1. The summed E-state index contributed by atoms with van der Waals surface area (Å²) in [4.78, 5) is 13.9. The predicted molar refractivity (Wildman–Crippen MR) is 76.6 cm³/mol. The zero-order valence-electron chi connectivity index (χ0n) is 13.2. The Morgan fingerprint density at radius 3 is 2.70 bits per heavy atom. The molecule has 2 aliphatic heterocycles. The fourth-order valence-corrected chi connectivity index (χ4v) is 2.82. The van der Waals surface area contributed by atoms with Crippen LogP contribution in [0.3, 0.4) is 0 Å². The molecule has 2 aliphatic rings. The smallest absolute Gasteiger partial charge is 0.410 e. The number of rotatable bonds is 1. The highest BCUT2D eigenvalue weighted by Gasteiger charge is 2.47. The third-order valence-electron chi connectivity index (χ3n) is 3.87. The second-order valence-electron chi connectivity index (χ2n) is 7.13. The number of amides is 1. The van der Waals surface area contributed by atoms with Crippen LogP contribution >= 0.6 is 0 Å². The highest BCUT2D eigenvalue weighted by molar-refractivity contribution is 5.68. The largest absolute Gasteiger partial charge is 0.444 e. The van der Waals surface area contributed by atoms with E-state index < -0.39 is 5.60 Å². The van der Waals surface area contributed by atoms with Gasteiger partial charge in [-0.3, -0.25) is 5.32 Å². The van der Waals surface area contributed by atoms with Crippen LogP contribution in [0.5, 0.6) is 0 Å². The molecule has 0 bridgehead atoms. The van der Waals surface area contributed by atoms with Crippen molar-refractivity contribution in [3.8, 4) is 0 Å². The number of likely N-dealkylation sites (tertiary alicyclic amines) is 1. The van der Waals surface area contributed by atoms with Gasteiger partial charge in [-0.2, -0.15) is 0 Å². The highest BCUT2D eigenvalue weighted by Crippen LogP contribution is 2.28. The molecule has 2 heterocycles. The number of likely N-dealkylation sites (N-methyl/N-ethyl adjacent to an activating group) is 1. The molecule has 1 spiro atoms. The Hall–Kier alpha value is -0.850. The molecule has 0 unspecified atom stereocenters. The molecule has 0 aromatic rings. The lowest BCUT2D eigenvalue weighted by Gasteiger charge is -2.45. The lowest BCUT2D eigenvalue weighted by Crippen LogP contribution is -2.70. The average molecular weight is 285 g/mol. The van der Waals surface area contributed by atoms with Crippen LogP contribution < -0.4 is 10.6 Å². The third-order valence-corrected chi connectivity index (χ3v) is 3.87. The summed E-state index contributed by atoms with van der Waals surface area (Å²) >= 11 is 0. The first-order chi connectivity index (χ1) is 9.17. The Labute approximate surface area is 121 Å². The fourth-order valence-electron chi connectivity index (χ4n) is 2.82. The van der Waals surface area contributed by atoms with E-state index in [1.807, 2.05) is 27.8 Å². The lowest BCUT2D eigenvalue weighted by molar-refractivity contribution is -0.0445. The van der Waals surface area contributed by atoms with Gasteiger partial charge in [0.2, 0.25) is 0 Å². The topological polar surface area (TPSA) is 62.8 Å². The molecule has 0 aromatic heterocycles. The molecule has 0 aliphatic carbocycles. The summed E-state index contributed by atoms with van der Waals surface area (Å²) in [6.45, 7) is 10.3. The van der Waals surface area contributed by atoms with Crippen LogP contribution in [0.2, 0.25) is 0 Å². The monoisotopic (exact) mass is 285 g/mol. The van der Waals surface area contributed by atoms with Crippen LogP contribution in [0.4, 0.5) is 4.79 Å². The fraction of sp³-hybridized carbons (Fsp3) is 0.929. The molecule has 6 nitrogen and oxygen atoms in total. The number of hydrogen-bond acceptors (Lipinski definition) is 5. The van der Waals surface area contributed by atoms with E-state index in [9.17, 15) is 4.79 Å². The van der Waals surface area contributed by atoms with Crippen LogP contribution in [-0.4, -0.2) is 61.1 Å². The van der Waals surface area contributed by atoms with Crippen molar-refractivity contribution in [3.63, 3.8) is 0 Å². The van der Waals surface area contributed by atoms with Gasteiger partial charge in [-0.1, -0.05) is 0 Å². The molecule has 1 amide bonds. The predicted octanol–water partition coefficient (Wildman–Crippen LogP) is 0.921. The summed E-state index contributed by atoms with van der Waals surface area (Å²) in [5.74, 6) is 0. The zero-order valence-corrected chi connectivity index (χ0v) is 13.2. The third kappa shape index (κ3) is 3.42. The van der Waals surface area contributed by atoms with E-state index in [1.54, 1.807) is 4.90 Å². The van der Waals surface area contributed by atoms with Gasteiger partial charge < -0.3 is 19.7 Å². The number of carbonyl (C=O) groups excluding carboxylic acids is 1. The minimum absolute atomic E-state index is 0.174. The standard InChI is InChI=1S/C14H27N3O3/c1-12(2,3)20-11(18)17-7-6-14(8-17)10-19-9-13(4,15-5)16-14/h15-16H,6-10H2,1-5H3/t13-,14+/m0/s1. The van der Waals surface area contributed by atoms with Crippen molar-refractivity contribution in [3.05, 3.63) is 0 Å². The SMILES string of the molecule is CN[C@]1(C)COC[C@]2(CCN(C(=O)OC(C)(C)C)C2)N1. The number of hydrogen-bond donors (Lipinski definition) is 2. The van der Waals surface area contributed by atoms with E-state index >= 15 is 0 Å². The maximum absolute atomic E-state index is 12.1. The van der Waals surface area contributed by atoms with Gasteiger partial charge in [0.05, 0.1) is 24.4 Å². The molecule has 20 heavy (non-hydrogen) atoms. The van der Waals surface area contributed by atoms with Gasteiger partial charge in [0.1, 0.15) is 5.60 Å². The van der Waals surface area contributed by atoms with E-state index in [-0.39, 0.29) is 17.3 Å². The van der Waals surface area contributed by atoms with Gasteiger partial charge in [-0.15, -0.1) is 0 Å². The number of ether oxygens (including phenoxy) is 2. The summed E-state index contributed by atoms with van der Waals surface area (Å²) in [6, 6.07) is 0. The Morgan fingerprint density at radius 2 is 2.10 bits per heavy atom. The second-order valence-corrected chi connectivity index (χ2v) is 7.13. The van der Waals surface area contributed by atoms with Crippen LogP contribution in [0.1, 0.15) is 34.1 Å². The van der Waals surface area contributed by atoms with Gasteiger partial charge in [0.25, 0.3) is 0 Å². The Morgan fingerprint density at radius 1 is 1.40 bits per heavy atom. The minimum Gasteiger partial charge on any atom is -0.444 e. The first kappa shape index (κ1) is 15.5. The van der Waals surface area contributed by atoms with Gasteiger partial charge in [0.15, 0.2) is 0 Å². The van der Waals surface area contributed by atoms with Gasteiger partial charge in [-0.25, -0.2) is 4.79 Å². The van der Waals surface area contributed by atoms with Gasteiger partial charge in [0, 0.05) is 13.1 Å². The minimum atomic E-state index is -0.456. The van der Waals surface area contributed by atoms with E-state index in [2.05, 4.69) is 17.6 Å². The molecule has 2 saturated heterocycles. The number of nitrogens with zero attached hydrogens (tertiary/aromatic N) is 1. The van der Waals surface area contributed by atoms with Crippen molar-refractivity contribution >= 4 is 6.09 Å². The number of nitrogens with one attached hydrogen (secondary N) is 2. The quantitative estimate of drug-likeness (QED) is 0.750. The summed E-state index contributed by atoms with van der Waals surface area (Å²) in [6.07, 6.45) is 0.636. The van der Waals surface area contributed by atoms with Crippen LogP contribution in [0.25, 0.3) is 0 Å². The number of carbonyl (C=O) groups is 1. The maximum Gasteiger partial charge on any atom is 0.410 e. The highest BCUT2D eigenvalue weighted by atomic mass is 16.6. The van der Waals surface area contributed by atoms with Crippen molar-refractivity contribution in [2.75, 3.05) is 33.4 Å². The Bertz CT molecular complexity index is 382. The van der Waals surface area contributed by atoms with Crippen molar-refractivity contribution < 1.29 is 14.3 Å². The van der Waals surface area contributed by atoms with Crippen molar-refractivity contribution in [2.45, 2.75) is 50.9 Å². The molecule has 6 heteroatoms. The van der Waals surface area contributed by atoms with Gasteiger partial charge >= 0.3 is 6.09 Å². The van der Waals surface area contributed by atoms with Crippen molar-refractivity contribution in [1.82, 2.24) is 15.5 Å². The average Bonchev–Trinajstić information content (AvgIpc) is 2.71. The van der Waals surface area contributed by atoms with Crippen molar-refractivity contribution in [2.24, 2.45) is 0 Å². The lowest BCUT2D eigenvalue weighted by atomic mass is 9.95. The van der Waals surface area contributed by atoms with E-state index in [0.29, 0.717) is 26.3 Å². The Kier molecular flexibility index (Phi) is 4.01. The molecular weight excluding hydrogens is 258 g/mol. The molecule has 0 saturated carbocycles. The molecule has 2 atom stereocenters. The van der Waals surface area contributed by atoms with Crippen LogP contribution in [-0.2, 0) is 9.47 Å². The number of morpholine rings is 1. The molecular formula is C14H27N3O3. The van der Waals surface area contributed by atoms with Crippen molar-refractivity contribution in [1.29, 1.82) is 0 Å². The van der Waals surface area contributed by atoms with E-state index in [4.69, 9.17) is 9.47 Å². The molecule has 2 rings (SSSR count). The van der Waals surface area contributed by atoms with E-state index in [0.717, 1.165) is 6.42 Å². The zero-order chi connectivity index (χ0) is 15.0. The van der Waals surface area contributed by atoms with Crippen LogP contribution in [0, 0.1) is 0 Å². The Balaban J connectivity index is 1.99. The molecule has 2 fully saturated rings. The first-order valence-electron chi connectivity index (χ1n) is 7.21. The summed E-state index contributed by atoms with van der Waals surface area (Å²) in [5, 5.41) is 6.86. The first-order valence-corrected chi connectivity index (χ1v) is 7.21. The summed E-state index contributed by atoms with van der Waals surface area (Å²) in [5.41, 5.74) is -0.877. The van der Waals surface area contributed by atoms with Crippen LogP contribution in [0.15, 0.2) is 0 Å². The summed E-state index contributed by atoms with van der Waals surface area (Å²) in [7, 11) is 1.91. The summed E-state index contributed by atoms with van der Waals surface area (Å²) < 4.78 is 11.2. The normalized spacial score (nSPS) is 34.5. The molecule has 0 radical (unpaired) electrons. The molecule has 2 N–H and O–H groups in total.